The fraction of sp³-hybridized carbons (Fsp3) is 0.529. The number of allylic oxidation sites excluding steroid dienone is 8. The summed E-state index contributed by atoms with van der Waals surface area (Å²) in [7, 11) is 0. The van der Waals surface area contributed by atoms with Crippen molar-refractivity contribution in [1.29, 1.82) is 0 Å². The molecule has 0 spiro atoms. The summed E-state index contributed by atoms with van der Waals surface area (Å²) in [5, 5.41) is 0. The Balaban J connectivity index is 5.03. The van der Waals surface area contributed by atoms with E-state index in [4.69, 9.17) is 0 Å². The molecular formula is C17H28. The van der Waals surface area contributed by atoms with Gasteiger partial charge in [-0.15, -0.1) is 0 Å². The van der Waals surface area contributed by atoms with Crippen LogP contribution in [-0.2, 0) is 0 Å². The van der Waals surface area contributed by atoms with Crippen LogP contribution in [-0.4, -0.2) is 0 Å². The Morgan fingerprint density at radius 3 is 2.06 bits per heavy atom. The average Bonchev–Trinajstić information content (AvgIpc) is 2.30. The first-order valence-corrected chi connectivity index (χ1v) is 6.56. The normalized spacial score (nSPS) is 15.8. The number of hydrogen-bond acceptors (Lipinski definition) is 0. The van der Waals surface area contributed by atoms with Crippen molar-refractivity contribution in [2.24, 2.45) is 5.92 Å². The van der Waals surface area contributed by atoms with E-state index in [1.165, 1.54) is 22.3 Å². The van der Waals surface area contributed by atoms with Crippen LogP contribution < -0.4 is 0 Å². The van der Waals surface area contributed by atoms with Crippen LogP contribution in [0.4, 0.5) is 0 Å². The zero-order valence-corrected chi connectivity index (χ0v) is 12.6. The Bertz CT molecular complexity index is 346. The molecule has 0 fully saturated rings. The standard InChI is InChI=1S/C17H28/c1-8-10-11-14(5)16(7)15(6)12-17(9-2)13(3)4/h8-10,12-13H,11H2,1-7H3. The molecule has 0 radical (unpaired) electrons. The van der Waals surface area contributed by atoms with Gasteiger partial charge in [0.2, 0.25) is 0 Å². The SMILES string of the molecule is CC=CCC(C)=C(C)C(C)=CC(=CC)C(C)C. The summed E-state index contributed by atoms with van der Waals surface area (Å²) in [4.78, 5) is 0. The highest BCUT2D eigenvalue weighted by molar-refractivity contribution is 5.38. The van der Waals surface area contributed by atoms with Crippen LogP contribution in [0.2, 0.25) is 0 Å². The van der Waals surface area contributed by atoms with E-state index >= 15 is 0 Å². The Hall–Kier alpha value is -1.04. The quantitative estimate of drug-likeness (QED) is 0.413. The predicted octanol–water partition coefficient (Wildman–Crippen LogP) is 5.84. The fourth-order valence-electron chi connectivity index (χ4n) is 1.73. The summed E-state index contributed by atoms with van der Waals surface area (Å²) in [6, 6.07) is 0. The fourth-order valence-corrected chi connectivity index (χ4v) is 1.73. The summed E-state index contributed by atoms with van der Waals surface area (Å²) in [5.74, 6) is 0.596. The zero-order chi connectivity index (χ0) is 13.4. The minimum Gasteiger partial charge on any atom is -0.0913 e. The molecule has 0 amide bonds. The smallest absolute Gasteiger partial charge is 0.0136 e. The van der Waals surface area contributed by atoms with E-state index in [-0.39, 0.29) is 0 Å². The van der Waals surface area contributed by atoms with Crippen molar-refractivity contribution in [2.75, 3.05) is 0 Å². The highest BCUT2D eigenvalue weighted by atomic mass is 14.1. The van der Waals surface area contributed by atoms with Gasteiger partial charge in [-0.25, -0.2) is 0 Å². The molecule has 0 nitrogen and oxygen atoms in total. The summed E-state index contributed by atoms with van der Waals surface area (Å²) >= 11 is 0. The Labute approximate surface area is 108 Å². The van der Waals surface area contributed by atoms with Gasteiger partial charge in [0.1, 0.15) is 0 Å². The van der Waals surface area contributed by atoms with Crippen molar-refractivity contribution in [3.05, 3.63) is 46.6 Å². The third kappa shape index (κ3) is 5.72. The molecule has 0 bridgehead atoms. The first kappa shape index (κ1) is 16.0. The Kier molecular flexibility index (Phi) is 7.61. The molecule has 17 heavy (non-hydrogen) atoms. The minimum atomic E-state index is 0.596. The van der Waals surface area contributed by atoms with Crippen molar-refractivity contribution in [2.45, 2.75) is 54.9 Å². The van der Waals surface area contributed by atoms with Gasteiger partial charge in [-0.3, -0.25) is 0 Å². The predicted molar refractivity (Wildman–Crippen MR) is 80.2 cm³/mol. The Morgan fingerprint density at radius 1 is 1.06 bits per heavy atom. The lowest BCUT2D eigenvalue weighted by Gasteiger charge is -2.11. The molecule has 0 saturated carbocycles. The van der Waals surface area contributed by atoms with Gasteiger partial charge >= 0.3 is 0 Å². The first-order valence-electron chi connectivity index (χ1n) is 6.56. The van der Waals surface area contributed by atoms with E-state index in [1.807, 2.05) is 0 Å². The third-order valence-corrected chi connectivity index (χ3v) is 3.27. The van der Waals surface area contributed by atoms with Gasteiger partial charge in [0, 0.05) is 0 Å². The lowest BCUT2D eigenvalue weighted by Crippen LogP contribution is -1.93. The average molecular weight is 232 g/mol. The van der Waals surface area contributed by atoms with E-state index in [0.29, 0.717) is 5.92 Å². The molecule has 0 aromatic rings. The zero-order valence-electron chi connectivity index (χ0n) is 12.6. The number of rotatable bonds is 5. The molecule has 0 N–H and O–H groups in total. The van der Waals surface area contributed by atoms with Crippen LogP contribution >= 0.6 is 0 Å². The molecular weight excluding hydrogens is 204 g/mol. The molecule has 0 aliphatic heterocycles. The molecule has 0 saturated heterocycles. The topological polar surface area (TPSA) is 0 Å². The van der Waals surface area contributed by atoms with Crippen LogP contribution in [0.1, 0.15) is 54.9 Å². The van der Waals surface area contributed by atoms with Crippen LogP contribution in [0.5, 0.6) is 0 Å². The van der Waals surface area contributed by atoms with Gasteiger partial charge in [-0.1, -0.05) is 43.7 Å². The maximum absolute atomic E-state index is 2.32. The van der Waals surface area contributed by atoms with E-state index in [0.717, 1.165) is 6.42 Å². The van der Waals surface area contributed by atoms with Crippen LogP contribution in [0.3, 0.4) is 0 Å². The molecule has 0 aliphatic carbocycles. The summed E-state index contributed by atoms with van der Waals surface area (Å²) in [6.07, 6.45) is 9.91. The second-order valence-electron chi connectivity index (χ2n) is 4.95. The van der Waals surface area contributed by atoms with Gasteiger partial charge in [0.05, 0.1) is 0 Å². The molecule has 0 aromatic carbocycles. The van der Waals surface area contributed by atoms with Crippen LogP contribution in [0.15, 0.2) is 46.6 Å². The van der Waals surface area contributed by atoms with Gasteiger partial charge in [0.25, 0.3) is 0 Å². The summed E-state index contributed by atoms with van der Waals surface area (Å²) in [5.41, 5.74) is 5.67. The van der Waals surface area contributed by atoms with Gasteiger partial charge in [0.15, 0.2) is 0 Å². The molecule has 0 aromatic heterocycles. The lowest BCUT2D eigenvalue weighted by molar-refractivity contribution is 0.788. The van der Waals surface area contributed by atoms with Crippen molar-refractivity contribution < 1.29 is 0 Å². The van der Waals surface area contributed by atoms with Gasteiger partial charge < -0.3 is 0 Å². The van der Waals surface area contributed by atoms with Crippen LogP contribution in [0.25, 0.3) is 0 Å². The van der Waals surface area contributed by atoms with E-state index < -0.39 is 0 Å². The van der Waals surface area contributed by atoms with Crippen molar-refractivity contribution in [1.82, 2.24) is 0 Å². The molecule has 0 unspecified atom stereocenters. The summed E-state index contributed by atoms with van der Waals surface area (Å²) in [6.45, 7) is 15.3. The van der Waals surface area contributed by atoms with Gasteiger partial charge in [-0.2, -0.15) is 0 Å². The highest BCUT2D eigenvalue weighted by Gasteiger charge is 2.02. The van der Waals surface area contributed by atoms with E-state index in [9.17, 15) is 0 Å². The Morgan fingerprint density at radius 2 is 1.65 bits per heavy atom. The lowest BCUT2D eigenvalue weighted by atomic mass is 9.95. The minimum absolute atomic E-state index is 0.596. The molecule has 0 aliphatic rings. The van der Waals surface area contributed by atoms with E-state index in [2.05, 4.69) is 72.8 Å². The maximum Gasteiger partial charge on any atom is -0.0136 e. The largest absolute Gasteiger partial charge is 0.0913 e. The van der Waals surface area contributed by atoms with Crippen molar-refractivity contribution in [3.63, 3.8) is 0 Å². The molecule has 0 rings (SSSR count). The molecule has 0 heteroatoms. The maximum atomic E-state index is 2.32. The van der Waals surface area contributed by atoms with Crippen molar-refractivity contribution >= 4 is 0 Å². The number of hydrogen-bond donors (Lipinski definition) is 0. The van der Waals surface area contributed by atoms with Gasteiger partial charge in [-0.05, 0) is 63.7 Å². The van der Waals surface area contributed by atoms with E-state index in [1.54, 1.807) is 0 Å². The monoisotopic (exact) mass is 232 g/mol. The molecule has 96 valence electrons. The second-order valence-corrected chi connectivity index (χ2v) is 4.95. The second kappa shape index (κ2) is 8.11. The summed E-state index contributed by atoms with van der Waals surface area (Å²) < 4.78 is 0. The van der Waals surface area contributed by atoms with Crippen LogP contribution in [0, 0.1) is 5.92 Å². The highest BCUT2D eigenvalue weighted by Crippen LogP contribution is 2.21. The third-order valence-electron chi connectivity index (χ3n) is 3.27. The first-order chi connectivity index (χ1) is 7.93. The molecule has 0 atom stereocenters. The molecule has 0 heterocycles. The van der Waals surface area contributed by atoms with Crippen molar-refractivity contribution in [3.8, 4) is 0 Å².